The summed E-state index contributed by atoms with van der Waals surface area (Å²) in [5.41, 5.74) is 3.88. The van der Waals surface area contributed by atoms with E-state index in [0.717, 1.165) is 9.13 Å². The number of hydrogen-bond acceptors (Lipinski definition) is 4. The molecular formula is C15H11IN2O3. The van der Waals surface area contributed by atoms with Crippen LogP contribution in [0.5, 0.6) is 0 Å². The van der Waals surface area contributed by atoms with Crippen molar-refractivity contribution in [3.05, 3.63) is 55.1 Å². The summed E-state index contributed by atoms with van der Waals surface area (Å²) in [6.45, 7) is 3.81. The zero-order valence-electron chi connectivity index (χ0n) is 11.4. The third kappa shape index (κ3) is 2.51. The molecule has 0 bridgehead atoms. The largest absolute Gasteiger partial charge is 0.436 e. The maximum Gasteiger partial charge on any atom is 0.272 e. The molecule has 0 amide bonds. The van der Waals surface area contributed by atoms with Gasteiger partial charge in [-0.3, -0.25) is 10.1 Å². The van der Waals surface area contributed by atoms with Crippen LogP contribution in [0.2, 0.25) is 0 Å². The molecule has 6 heteroatoms. The molecule has 3 aromatic rings. The molecule has 0 aliphatic heterocycles. The quantitative estimate of drug-likeness (QED) is 0.361. The Labute approximate surface area is 134 Å². The van der Waals surface area contributed by atoms with Crippen LogP contribution in [-0.4, -0.2) is 9.91 Å². The molecule has 106 valence electrons. The molecule has 0 saturated heterocycles. The summed E-state index contributed by atoms with van der Waals surface area (Å²) in [5.74, 6) is 0.478. The number of aromatic nitrogens is 1. The number of oxazole rings is 1. The fourth-order valence-electron chi connectivity index (χ4n) is 2.14. The lowest BCUT2D eigenvalue weighted by Gasteiger charge is -1.99. The van der Waals surface area contributed by atoms with Gasteiger partial charge < -0.3 is 4.42 Å². The normalized spacial score (nSPS) is 11.0. The number of hydrogen-bond donors (Lipinski definition) is 0. The minimum Gasteiger partial charge on any atom is -0.436 e. The molecule has 0 aliphatic rings. The van der Waals surface area contributed by atoms with E-state index in [-0.39, 0.29) is 5.69 Å². The third-order valence-corrected chi connectivity index (χ3v) is 4.45. The molecule has 5 nitrogen and oxygen atoms in total. The number of benzene rings is 2. The summed E-state index contributed by atoms with van der Waals surface area (Å²) in [5, 5.41) is 10.9. The molecule has 0 N–H and O–H groups in total. The second-order valence-electron chi connectivity index (χ2n) is 4.85. The van der Waals surface area contributed by atoms with Crippen LogP contribution in [0.1, 0.15) is 11.1 Å². The van der Waals surface area contributed by atoms with Crippen molar-refractivity contribution in [1.82, 2.24) is 4.98 Å². The highest BCUT2D eigenvalue weighted by molar-refractivity contribution is 14.1. The van der Waals surface area contributed by atoms with Crippen molar-refractivity contribution < 1.29 is 9.34 Å². The number of non-ortho nitro benzene ring substituents is 1. The lowest BCUT2D eigenvalue weighted by molar-refractivity contribution is -0.384. The van der Waals surface area contributed by atoms with Crippen LogP contribution >= 0.6 is 22.6 Å². The van der Waals surface area contributed by atoms with Crippen molar-refractivity contribution in [2.24, 2.45) is 0 Å². The number of aryl methyl sites for hydroxylation is 2. The second-order valence-corrected chi connectivity index (χ2v) is 6.01. The predicted octanol–water partition coefficient (Wildman–Crippen LogP) is 4.62. The van der Waals surface area contributed by atoms with Crippen molar-refractivity contribution >= 4 is 39.4 Å². The van der Waals surface area contributed by atoms with Gasteiger partial charge in [0.05, 0.1) is 4.92 Å². The van der Waals surface area contributed by atoms with Crippen LogP contribution in [0.4, 0.5) is 5.69 Å². The van der Waals surface area contributed by atoms with E-state index in [4.69, 9.17) is 4.42 Å². The third-order valence-electron chi connectivity index (χ3n) is 3.29. The lowest BCUT2D eigenvalue weighted by Crippen LogP contribution is -1.88. The van der Waals surface area contributed by atoms with Crippen molar-refractivity contribution in [1.29, 1.82) is 0 Å². The first-order valence-corrected chi connectivity index (χ1v) is 7.35. The van der Waals surface area contributed by atoms with Gasteiger partial charge in [-0.25, -0.2) is 4.98 Å². The molecule has 0 saturated carbocycles. The number of nitro benzene ring substituents is 1. The summed E-state index contributed by atoms with van der Waals surface area (Å²) in [6, 6.07) is 8.86. The summed E-state index contributed by atoms with van der Waals surface area (Å²) >= 11 is 2.26. The molecule has 2 aromatic carbocycles. The van der Waals surface area contributed by atoms with E-state index in [9.17, 15) is 10.1 Å². The number of nitro groups is 1. The van der Waals surface area contributed by atoms with Crippen LogP contribution in [-0.2, 0) is 0 Å². The Morgan fingerprint density at radius 1 is 1.19 bits per heavy atom. The average molecular weight is 394 g/mol. The summed E-state index contributed by atoms with van der Waals surface area (Å²) in [4.78, 5) is 14.9. The van der Waals surface area contributed by atoms with Gasteiger partial charge in [0, 0.05) is 26.8 Å². The minimum absolute atomic E-state index is 0.0262. The Hall–Kier alpha value is -1.96. The van der Waals surface area contributed by atoms with Gasteiger partial charge >= 0.3 is 0 Å². The van der Waals surface area contributed by atoms with E-state index in [0.29, 0.717) is 22.6 Å². The fraction of sp³-hybridized carbons (Fsp3) is 0.133. The summed E-state index contributed by atoms with van der Waals surface area (Å²) in [6.07, 6.45) is 0. The monoisotopic (exact) mass is 394 g/mol. The zero-order valence-corrected chi connectivity index (χ0v) is 13.5. The molecule has 3 rings (SSSR count). The van der Waals surface area contributed by atoms with E-state index in [1.54, 1.807) is 6.92 Å². The first-order chi connectivity index (χ1) is 9.95. The maximum absolute atomic E-state index is 10.9. The molecule has 0 unspecified atom stereocenters. The Morgan fingerprint density at radius 2 is 1.95 bits per heavy atom. The highest BCUT2D eigenvalue weighted by atomic mass is 127. The average Bonchev–Trinajstić information content (AvgIpc) is 2.86. The lowest BCUT2D eigenvalue weighted by atomic mass is 10.1. The Morgan fingerprint density at radius 3 is 2.62 bits per heavy atom. The van der Waals surface area contributed by atoms with Gasteiger partial charge in [-0.1, -0.05) is 6.07 Å². The fourth-order valence-corrected chi connectivity index (χ4v) is 2.65. The molecule has 0 fully saturated rings. The standard InChI is InChI=1S/C15H11IN2O3/c1-8-3-4-10(6-12(8)16)15-17-13-7-11(18(19)20)5-9(2)14(13)21-15/h3-7H,1-2H3. The van der Waals surface area contributed by atoms with Crippen LogP contribution < -0.4 is 0 Å². The molecule has 0 spiro atoms. The highest BCUT2D eigenvalue weighted by Gasteiger charge is 2.16. The Bertz CT molecular complexity index is 871. The SMILES string of the molecule is Cc1ccc(-c2nc3cc([N+](=O)[O-])cc(C)c3o2)cc1I. The van der Waals surface area contributed by atoms with Crippen molar-refractivity contribution in [2.45, 2.75) is 13.8 Å². The highest BCUT2D eigenvalue weighted by Crippen LogP contribution is 2.30. The van der Waals surface area contributed by atoms with Crippen LogP contribution in [0.3, 0.4) is 0 Å². The minimum atomic E-state index is -0.421. The Balaban J connectivity index is 2.18. The first-order valence-electron chi connectivity index (χ1n) is 6.28. The molecule has 21 heavy (non-hydrogen) atoms. The number of halogens is 1. The van der Waals surface area contributed by atoms with Gasteiger partial charge in [-0.05, 0) is 54.1 Å². The van der Waals surface area contributed by atoms with E-state index < -0.39 is 4.92 Å². The number of rotatable bonds is 2. The van der Waals surface area contributed by atoms with Gasteiger partial charge in [0.1, 0.15) is 5.52 Å². The first kappa shape index (κ1) is 14.0. The van der Waals surface area contributed by atoms with E-state index in [1.165, 1.54) is 17.7 Å². The van der Waals surface area contributed by atoms with E-state index in [1.807, 2.05) is 25.1 Å². The van der Waals surface area contributed by atoms with Crippen molar-refractivity contribution in [3.63, 3.8) is 0 Å². The van der Waals surface area contributed by atoms with Crippen LogP contribution in [0.15, 0.2) is 34.7 Å². The van der Waals surface area contributed by atoms with Gasteiger partial charge in [-0.2, -0.15) is 0 Å². The van der Waals surface area contributed by atoms with Gasteiger partial charge in [-0.15, -0.1) is 0 Å². The van der Waals surface area contributed by atoms with E-state index >= 15 is 0 Å². The number of nitrogens with zero attached hydrogens (tertiary/aromatic N) is 2. The van der Waals surface area contributed by atoms with Crippen LogP contribution in [0.25, 0.3) is 22.6 Å². The van der Waals surface area contributed by atoms with Crippen molar-refractivity contribution in [2.75, 3.05) is 0 Å². The molecular weight excluding hydrogens is 383 g/mol. The molecule has 0 radical (unpaired) electrons. The Kier molecular flexibility index (Phi) is 3.40. The topological polar surface area (TPSA) is 69.2 Å². The predicted molar refractivity (Wildman–Crippen MR) is 88.3 cm³/mol. The molecule has 1 aromatic heterocycles. The number of fused-ring (bicyclic) bond motifs is 1. The summed E-state index contributed by atoms with van der Waals surface area (Å²) < 4.78 is 6.90. The molecule has 0 atom stereocenters. The maximum atomic E-state index is 10.9. The van der Waals surface area contributed by atoms with Gasteiger partial charge in [0.2, 0.25) is 5.89 Å². The molecule has 0 aliphatic carbocycles. The van der Waals surface area contributed by atoms with Crippen LogP contribution in [0, 0.1) is 27.5 Å². The smallest absolute Gasteiger partial charge is 0.272 e. The zero-order chi connectivity index (χ0) is 15.1. The summed E-state index contributed by atoms with van der Waals surface area (Å²) in [7, 11) is 0. The van der Waals surface area contributed by atoms with Gasteiger partial charge in [0.25, 0.3) is 5.69 Å². The van der Waals surface area contributed by atoms with E-state index in [2.05, 4.69) is 27.6 Å². The van der Waals surface area contributed by atoms with Crippen molar-refractivity contribution in [3.8, 4) is 11.5 Å². The second kappa shape index (κ2) is 5.10. The van der Waals surface area contributed by atoms with Gasteiger partial charge in [0.15, 0.2) is 5.58 Å². The molecule has 1 heterocycles.